The van der Waals surface area contributed by atoms with Crippen molar-refractivity contribution in [2.45, 2.75) is 51.5 Å². The van der Waals surface area contributed by atoms with Gasteiger partial charge in [-0.1, -0.05) is 13.3 Å². The molecule has 15 heavy (non-hydrogen) atoms. The molecule has 0 aromatic heterocycles. The summed E-state index contributed by atoms with van der Waals surface area (Å²) in [6, 6.07) is 0.258. The molecule has 0 aromatic carbocycles. The summed E-state index contributed by atoms with van der Waals surface area (Å²) in [4.78, 5) is 22.8. The van der Waals surface area contributed by atoms with E-state index in [4.69, 9.17) is 0 Å². The van der Waals surface area contributed by atoms with Gasteiger partial charge in [0.25, 0.3) is 0 Å². The molecule has 2 aliphatic rings. The van der Waals surface area contributed by atoms with Crippen molar-refractivity contribution in [2.75, 3.05) is 0 Å². The minimum Gasteiger partial charge on any atom is -0.353 e. The first-order valence-electron chi connectivity index (χ1n) is 6.02. The molecule has 2 aliphatic carbocycles. The molecule has 0 spiro atoms. The third-order valence-electron chi connectivity index (χ3n) is 3.67. The Kier molecular flexibility index (Phi) is 3.08. The molecule has 2 rings (SSSR count). The number of carbonyl (C=O) groups is 2. The van der Waals surface area contributed by atoms with Gasteiger partial charge >= 0.3 is 0 Å². The smallest absolute Gasteiger partial charge is 0.223 e. The van der Waals surface area contributed by atoms with E-state index in [0.29, 0.717) is 24.5 Å². The fourth-order valence-electron chi connectivity index (χ4n) is 2.41. The lowest BCUT2D eigenvalue weighted by molar-refractivity contribution is -0.125. The maximum atomic E-state index is 11.7. The topological polar surface area (TPSA) is 46.2 Å². The number of hydrogen-bond donors (Lipinski definition) is 1. The third kappa shape index (κ3) is 2.58. The second-order valence-electron chi connectivity index (χ2n) is 4.83. The first-order valence-corrected chi connectivity index (χ1v) is 6.02. The molecule has 2 atom stereocenters. The molecular weight excluding hydrogens is 190 g/mol. The van der Waals surface area contributed by atoms with Gasteiger partial charge in [0, 0.05) is 24.8 Å². The Balaban J connectivity index is 1.73. The van der Waals surface area contributed by atoms with Crippen molar-refractivity contribution >= 4 is 11.7 Å². The van der Waals surface area contributed by atoms with Gasteiger partial charge in [-0.25, -0.2) is 0 Å². The van der Waals surface area contributed by atoms with Crippen molar-refractivity contribution in [3.63, 3.8) is 0 Å². The lowest BCUT2D eigenvalue weighted by Gasteiger charge is -2.22. The molecule has 0 radical (unpaired) electrons. The number of ketones is 1. The van der Waals surface area contributed by atoms with Crippen LogP contribution in [0.1, 0.15) is 45.4 Å². The van der Waals surface area contributed by atoms with Crippen LogP contribution >= 0.6 is 0 Å². The van der Waals surface area contributed by atoms with E-state index in [-0.39, 0.29) is 17.9 Å². The lowest BCUT2D eigenvalue weighted by atomic mass is 9.94. The number of amides is 1. The predicted octanol–water partition coefficient (Wildman–Crippen LogP) is 1.66. The van der Waals surface area contributed by atoms with Crippen LogP contribution in [-0.4, -0.2) is 17.7 Å². The molecule has 2 unspecified atom stereocenters. The van der Waals surface area contributed by atoms with Gasteiger partial charge in [0.1, 0.15) is 5.78 Å². The Morgan fingerprint density at radius 1 is 1.40 bits per heavy atom. The van der Waals surface area contributed by atoms with E-state index in [9.17, 15) is 9.59 Å². The van der Waals surface area contributed by atoms with Crippen LogP contribution in [0.15, 0.2) is 0 Å². The lowest BCUT2D eigenvalue weighted by Crippen LogP contribution is -2.38. The zero-order valence-electron chi connectivity index (χ0n) is 9.29. The van der Waals surface area contributed by atoms with Gasteiger partial charge < -0.3 is 5.32 Å². The van der Waals surface area contributed by atoms with Crippen molar-refractivity contribution in [2.24, 2.45) is 11.8 Å². The number of carbonyl (C=O) groups excluding carboxylic acids is 2. The minimum atomic E-state index is 0.223. The quantitative estimate of drug-likeness (QED) is 0.768. The molecule has 84 valence electrons. The van der Waals surface area contributed by atoms with Gasteiger partial charge in [0.15, 0.2) is 0 Å². The fraction of sp³-hybridized carbons (Fsp3) is 0.833. The molecule has 3 nitrogen and oxygen atoms in total. The zero-order chi connectivity index (χ0) is 10.8. The predicted molar refractivity (Wildman–Crippen MR) is 57.3 cm³/mol. The van der Waals surface area contributed by atoms with E-state index in [0.717, 1.165) is 25.7 Å². The first-order chi connectivity index (χ1) is 7.20. The summed E-state index contributed by atoms with van der Waals surface area (Å²) in [5.74, 6) is 1.46. The Hall–Kier alpha value is -0.860. The Morgan fingerprint density at radius 3 is 2.60 bits per heavy atom. The normalized spacial score (nSPS) is 31.4. The van der Waals surface area contributed by atoms with E-state index in [1.165, 1.54) is 0 Å². The third-order valence-corrected chi connectivity index (χ3v) is 3.67. The summed E-state index contributed by atoms with van der Waals surface area (Å²) in [6.45, 7) is 2.14. The van der Waals surface area contributed by atoms with Gasteiger partial charge in [0.2, 0.25) is 5.91 Å². The molecule has 0 aliphatic heterocycles. The van der Waals surface area contributed by atoms with Crippen LogP contribution in [0.4, 0.5) is 0 Å². The largest absolute Gasteiger partial charge is 0.353 e. The molecule has 3 heteroatoms. The Morgan fingerprint density at radius 2 is 2.07 bits per heavy atom. The van der Waals surface area contributed by atoms with Crippen molar-refractivity contribution in [1.29, 1.82) is 0 Å². The van der Waals surface area contributed by atoms with E-state index in [1.54, 1.807) is 0 Å². The molecular formula is C12H19NO2. The highest BCUT2D eigenvalue weighted by Gasteiger charge is 2.41. The Labute approximate surface area is 90.6 Å². The van der Waals surface area contributed by atoms with Crippen LogP contribution in [0.5, 0.6) is 0 Å². The SMILES string of the molecule is CCC1CC1C(=O)NC1CCC(=O)CC1. The van der Waals surface area contributed by atoms with Crippen molar-refractivity contribution in [3.05, 3.63) is 0 Å². The highest BCUT2D eigenvalue weighted by Crippen LogP contribution is 2.41. The van der Waals surface area contributed by atoms with E-state index < -0.39 is 0 Å². The van der Waals surface area contributed by atoms with Crippen LogP contribution in [0.3, 0.4) is 0 Å². The number of hydrogen-bond acceptors (Lipinski definition) is 2. The van der Waals surface area contributed by atoms with E-state index in [1.807, 2.05) is 0 Å². The summed E-state index contributed by atoms with van der Waals surface area (Å²) in [6.07, 6.45) is 5.15. The number of rotatable bonds is 3. The second kappa shape index (κ2) is 4.33. The standard InChI is InChI=1S/C12H19NO2/c1-2-8-7-11(8)12(15)13-9-3-5-10(14)6-4-9/h8-9,11H,2-7H2,1H3,(H,13,15). The van der Waals surface area contributed by atoms with Crippen LogP contribution < -0.4 is 5.32 Å². The van der Waals surface area contributed by atoms with Crippen LogP contribution in [0.25, 0.3) is 0 Å². The molecule has 0 aromatic rings. The highest BCUT2D eigenvalue weighted by molar-refractivity contribution is 5.83. The van der Waals surface area contributed by atoms with Gasteiger partial charge in [-0.05, 0) is 25.2 Å². The molecule has 0 bridgehead atoms. The van der Waals surface area contributed by atoms with Gasteiger partial charge in [-0.3, -0.25) is 9.59 Å². The summed E-state index contributed by atoms with van der Waals surface area (Å²) in [5.41, 5.74) is 0. The van der Waals surface area contributed by atoms with Crippen molar-refractivity contribution in [1.82, 2.24) is 5.32 Å². The van der Waals surface area contributed by atoms with Crippen molar-refractivity contribution in [3.8, 4) is 0 Å². The van der Waals surface area contributed by atoms with Gasteiger partial charge in [-0.15, -0.1) is 0 Å². The summed E-state index contributed by atoms with van der Waals surface area (Å²) in [7, 11) is 0. The van der Waals surface area contributed by atoms with Gasteiger partial charge in [0.05, 0.1) is 0 Å². The second-order valence-corrected chi connectivity index (χ2v) is 4.83. The van der Waals surface area contributed by atoms with E-state index >= 15 is 0 Å². The average Bonchev–Trinajstić information content (AvgIpc) is 3.00. The number of nitrogens with one attached hydrogen (secondary N) is 1. The molecule has 2 fully saturated rings. The summed E-state index contributed by atoms with van der Waals surface area (Å²) >= 11 is 0. The van der Waals surface area contributed by atoms with Crippen LogP contribution in [0, 0.1) is 11.8 Å². The molecule has 0 heterocycles. The van der Waals surface area contributed by atoms with Gasteiger partial charge in [-0.2, -0.15) is 0 Å². The fourth-order valence-corrected chi connectivity index (χ4v) is 2.41. The maximum Gasteiger partial charge on any atom is 0.223 e. The molecule has 1 N–H and O–H groups in total. The first kappa shape index (κ1) is 10.7. The monoisotopic (exact) mass is 209 g/mol. The number of Topliss-reactive ketones (excluding diaryl/α,β-unsaturated/α-hetero) is 1. The Bertz CT molecular complexity index is 265. The van der Waals surface area contributed by atoms with Crippen molar-refractivity contribution < 1.29 is 9.59 Å². The molecule has 1 amide bonds. The van der Waals surface area contributed by atoms with Crippen LogP contribution in [-0.2, 0) is 9.59 Å². The molecule has 0 saturated heterocycles. The minimum absolute atomic E-state index is 0.223. The van der Waals surface area contributed by atoms with Crippen LogP contribution in [0.2, 0.25) is 0 Å². The summed E-state index contributed by atoms with van der Waals surface area (Å²) in [5, 5.41) is 3.07. The summed E-state index contributed by atoms with van der Waals surface area (Å²) < 4.78 is 0. The highest BCUT2D eigenvalue weighted by atomic mass is 16.2. The average molecular weight is 209 g/mol. The maximum absolute atomic E-state index is 11.7. The molecule has 2 saturated carbocycles. The zero-order valence-corrected chi connectivity index (χ0v) is 9.29. The van der Waals surface area contributed by atoms with E-state index in [2.05, 4.69) is 12.2 Å².